The van der Waals surface area contributed by atoms with Crippen LogP contribution >= 0.6 is 12.2 Å². The van der Waals surface area contributed by atoms with E-state index >= 15 is 0 Å². The zero-order chi connectivity index (χ0) is 20.9. The number of benzene rings is 3. The van der Waals surface area contributed by atoms with E-state index in [4.69, 9.17) is 12.2 Å². The number of amides is 1. The fourth-order valence-corrected chi connectivity index (χ4v) is 3.94. The molecule has 0 saturated carbocycles. The van der Waals surface area contributed by atoms with E-state index in [0.717, 1.165) is 35.5 Å². The molecule has 1 fully saturated rings. The van der Waals surface area contributed by atoms with Crippen molar-refractivity contribution in [3.63, 3.8) is 0 Å². The number of nitrogens with zero attached hydrogens (tertiary/aromatic N) is 1. The van der Waals surface area contributed by atoms with Crippen LogP contribution in [0.15, 0.2) is 78.9 Å². The van der Waals surface area contributed by atoms with Crippen LogP contribution in [-0.2, 0) is 4.79 Å². The summed E-state index contributed by atoms with van der Waals surface area (Å²) in [5.74, 6) is 0.191. The predicted molar refractivity (Wildman–Crippen MR) is 127 cm³/mol. The molecule has 1 heterocycles. The monoisotopic (exact) mass is 415 g/mol. The molecule has 0 radical (unpaired) electrons. The number of anilines is 2. The van der Waals surface area contributed by atoms with Gasteiger partial charge in [-0.1, -0.05) is 60.2 Å². The minimum absolute atomic E-state index is 0.0479. The van der Waals surface area contributed by atoms with E-state index in [0.29, 0.717) is 11.5 Å². The molecule has 1 atom stereocenters. The second-order valence-corrected chi connectivity index (χ2v) is 7.96. The lowest BCUT2D eigenvalue weighted by molar-refractivity contribution is -0.117. The predicted octanol–water partition coefficient (Wildman–Crippen LogP) is 5.20. The highest BCUT2D eigenvalue weighted by Gasteiger charge is 2.21. The molecule has 30 heavy (non-hydrogen) atoms. The Morgan fingerprint density at radius 1 is 0.933 bits per heavy atom. The molecule has 1 aliphatic rings. The van der Waals surface area contributed by atoms with Gasteiger partial charge in [0.1, 0.15) is 0 Å². The van der Waals surface area contributed by atoms with Crippen LogP contribution in [0.4, 0.5) is 11.4 Å². The zero-order valence-electron chi connectivity index (χ0n) is 17.0. The van der Waals surface area contributed by atoms with Gasteiger partial charge >= 0.3 is 0 Å². The normalized spacial score (nSPS) is 14.4. The number of nitrogens with one attached hydrogen (secondary N) is 2. The average Bonchev–Trinajstić information content (AvgIpc) is 3.20. The maximum absolute atomic E-state index is 11.9. The van der Waals surface area contributed by atoms with Crippen molar-refractivity contribution in [3.8, 4) is 0 Å². The Labute approximate surface area is 182 Å². The largest absolute Gasteiger partial charge is 0.352 e. The van der Waals surface area contributed by atoms with E-state index in [1.807, 2.05) is 47.4 Å². The average molecular weight is 416 g/mol. The number of carbonyl (C=O) groups is 1. The lowest BCUT2D eigenvalue weighted by Crippen LogP contribution is -2.33. The number of aryl methyl sites for hydroxylation is 1. The van der Waals surface area contributed by atoms with Crippen molar-refractivity contribution in [2.45, 2.75) is 25.8 Å². The topological polar surface area (TPSA) is 44.4 Å². The van der Waals surface area contributed by atoms with Gasteiger partial charge in [0.05, 0.1) is 6.04 Å². The fraction of sp³-hybridized carbons (Fsp3) is 0.200. The van der Waals surface area contributed by atoms with Gasteiger partial charge in [-0.25, -0.2) is 0 Å². The van der Waals surface area contributed by atoms with Crippen LogP contribution in [0.1, 0.15) is 35.6 Å². The van der Waals surface area contributed by atoms with Gasteiger partial charge in [0, 0.05) is 24.3 Å². The van der Waals surface area contributed by atoms with E-state index in [-0.39, 0.29) is 11.9 Å². The molecule has 0 unspecified atom stereocenters. The van der Waals surface area contributed by atoms with Gasteiger partial charge < -0.3 is 15.5 Å². The Morgan fingerprint density at radius 2 is 1.60 bits per heavy atom. The number of hydrogen-bond acceptors (Lipinski definition) is 2. The van der Waals surface area contributed by atoms with Crippen LogP contribution in [0.2, 0.25) is 0 Å². The first-order valence-electron chi connectivity index (χ1n) is 10.2. The second kappa shape index (κ2) is 9.09. The maximum Gasteiger partial charge on any atom is 0.227 e. The van der Waals surface area contributed by atoms with Gasteiger partial charge in [-0.3, -0.25) is 4.79 Å². The molecule has 1 saturated heterocycles. The third-order valence-corrected chi connectivity index (χ3v) is 5.55. The molecular weight excluding hydrogens is 390 g/mol. The maximum atomic E-state index is 11.9. The Hall–Kier alpha value is -3.18. The van der Waals surface area contributed by atoms with Gasteiger partial charge in [0.25, 0.3) is 0 Å². The quantitative estimate of drug-likeness (QED) is 0.563. The summed E-state index contributed by atoms with van der Waals surface area (Å²) in [4.78, 5) is 13.8. The highest BCUT2D eigenvalue weighted by molar-refractivity contribution is 7.80. The van der Waals surface area contributed by atoms with E-state index in [1.165, 1.54) is 5.56 Å². The van der Waals surface area contributed by atoms with Crippen LogP contribution in [0.25, 0.3) is 0 Å². The highest BCUT2D eigenvalue weighted by Crippen LogP contribution is 2.25. The van der Waals surface area contributed by atoms with Gasteiger partial charge in [-0.05, 0) is 61.0 Å². The highest BCUT2D eigenvalue weighted by atomic mass is 32.1. The zero-order valence-corrected chi connectivity index (χ0v) is 17.8. The smallest absolute Gasteiger partial charge is 0.227 e. The third-order valence-electron chi connectivity index (χ3n) is 5.33. The van der Waals surface area contributed by atoms with Crippen molar-refractivity contribution in [2.24, 2.45) is 0 Å². The molecule has 5 heteroatoms. The number of hydrogen-bond donors (Lipinski definition) is 2. The second-order valence-electron chi connectivity index (χ2n) is 7.55. The fourth-order valence-electron chi connectivity index (χ4n) is 3.71. The summed E-state index contributed by atoms with van der Waals surface area (Å²) in [7, 11) is 0. The van der Waals surface area contributed by atoms with Crippen molar-refractivity contribution in [3.05, 3.63) is 95.6 Å². The number of thiocarbonyl (C=S) groups is 1. The van der Waals surface area contributed by atoms with Crippen LogP contribution in [-0.4, -0.2) is 17.6 Å². The molecule has 0 aliphatic carbocycles. The lowest BCUT2D eigenvalue weighted by Gasteiger charge is -2.22. The standard InChI is InChI=1S/C25H25N3OS/c1-18-9-11-20(12-10-18)24(19-6-3-2-4-7-19)27-25(30)26-21-13-15-22(16-14-21)28-17-5-8-23(28)29/h2-4,6-7,9-16,24H,5,8,17H2,1H3,(H2,26,27,30)/t24-/m1/s1. The van der Waals surface area contributed by atoms with Crippen LogP contribution in [0.5, 0.6) is 0 Å². The van der Waals surface area contributed by atoms with E-state index in [1.54, 1.807) is 0 Å². The summed E-state index contributed by atoms with van der Waals surface area (Å²) in [5, 5.41) is 7.27. The summed E-state index contributed by atoms with van der Waals surface area (Å²) in [6, 6.07) is 26.6. The summed E-state index contributed by atoms with van der Waals surface area (Å²) in [6.07, 6.45) is 1.56. The summed E-state index contributed by atoms with van der Waals surface area (Å²) in [5.41, 5.74) is 5.34. The molecular formula is C25H25N3OS. The van der Waals surface area contributed by atoms with Crippen molar-refractivity contribution >= 4 is 34.6 Å². The third kappa shape index (κ3) is 4.69. The van der Waals surface area contributed by atoms with Gasteiger partial charge in [0.15, 0.2) is 5.11 Å². The van der Waals surface area contributed by atoms with Crippen LogP contribution in [0, 0.1) is 6.92 Å². The molecule has 0 aromatic heterocycles. The molecule has 1 amide bonds. The minimum Gasteiger partial charge on any atom is -0.352 e. The van der Waals surface area contributed by atoms with E-state index in [2.05, 4.69) is 54.0 Å². The molecule has 4 nitrogen and oxygen atoms in total. The first-order valence-corrected chi connectivity index (χ1v) is 10.6. The van der Waals surface area contributed by atoms with Crippen LogP contribution < -0.4 is 15.5 Å². The number of carbonyl (C=O) groups excluding carboxylic acids is 1. The summed E-state index contributed by atoms with van der Waals surface area (Å²) < 4.78 is 0. The molecule has 1 aliphatic heterocycles. The van der Waals surface area contributed by atoms with Gasteiger partial charge in [0.2, 0.25) is 5.91 Å². The summed E-state index contributed by atoms with van der Waals surface area (Å²) in [6.45, 7) is 2.88. The molecule has 4 rings (SSSR count). The molecule has 0 spiro atoms. The molecule has 0 bridgehead atoms. The van der Waals surface area contributed by atoms with Crippen LogP contribution in [0.3, 0.4) is 0 Å². The van der Waals surface area contributed by atoms with Crippen molar-refractivity contribution in [1.82, 2.24) is 5.32 Å². The first kappa shape index (κ1) is 20.1. The Morgan fingerprint density at radius 3 is 2.23 bits per heavy atom. The molecule has 2 N–H and O–H groups in total. The first-order chi connectivity index (χ1) is 14.6. The van der Waals surface area contributed by atoms with Gasteiger partial charge in [-0.15, -0.1) is 0 Å². The number of rotatable bonds is 5. The van der Waals surface area contributed by atoms with E-state index < -0.39 is 0 Å². The SMILES string of the molecule is Cc1ccc([C@H](NC(=S)Nc2ccc(N3CCCC3=O)cc2)c2ccccc2)cc1. The minimum atomic E-state index is -0.0479. The Kier molecular flexibility index (Phi) is 6.10. The van der Waals surface area contributed by atoms with Gasteiger partial charge in [-0.2, -0.15) is 0 Å². The van der Waals surface area contributed by atoms with Crippen molar-refractivity contribution in [1.29, 1.82) is 0 Å². The Balaban J connectivity index is 1.47. The lowest BCUT2D eigenvalue weighted by atomic mass is 9.98. The molecule has 152 valence electrons. The summed E-state index contributed by atoms with van der Waals surface area (Å²) >= 11 is 5.61. The Bertz CT molecular complexity index is 1020. The van der Waals surface area contributed by atoms with Crippen molar-refractivity contribution in [2.75, 3.05) is 16.8 Å². The van der Waals surface area contributed by atoms with Crippen molar-refractivity contribution < 1.29 is 4.79 Å². The molecule has 3 aromatic carbocycles. The van der Waals surface area contributed by atoms with E-state index in [9.17, 15) is 4.79 Å². The molecule has 3 aromatic rings.